The molecule has 0 unspecified atom stereocenters. The predicted molar refractivity (Wildman–Crippen MR) is 73.8 cm³/mol. The summed E-state index contributed by atoms with van der Waals surface area (Å²) < 4.78 is 13.5. The normalized spacial score (nSPS) is 10.8. The Morgan fingerprint density at radius 1 is 1.05 bits per heavy atom. The molecule has 0 bridgehead atoms. The monoisotopic (exact) mass is 273 g/mol. The van der Waals surface area contributed by atoms with Crippen LogP contribution in [-0.2, 0) is 0 Å². The SMILES string of the molecule is Oc1c(F)cc(-c2ccc3ncccc3c2)cc1Cl. The molecule has 1 N–H and O–H groups in total. The molecule has 0 spiro atoms. The van der Waals surface area contributed by atoms with Crippen molar-refractivity contribution in [1.82, 2.24) is 4.98 Å². The van der Waals surface area contributed by atoms with E-state index < -0.39 is 11.6 Å². The van der Waals surface area contributed by atoms with Gasteiger partial charge in [-0.2, -0.15) is 0 Å². The van der Waals surface area contributed by atoms with E-state index in [0.29, 0.717) is 5.56 Å². The standard InChI is InChI=1S/C15H9ClFNO/c16-12-7-11(8-13(17)15(12)19)9-3-4-14-10(6-9)2-1-5-18-14/h1-8,19H. The molecule has 2 aromatic carbocycles. The number of nitrogens with zero attached hydrogens (tertiary/aromatic N) is 1. The molecule has 1 heterocycles. The van der Waals surface area contributed by atoms with Crippen molar-refractivity contribution in [3.8, 4) is 16.9 Å². The van der Waals surface area contributed by atoms with Crippen LogP contribution in [0.5, 0.6) is 5.75 Å². The Bertz CT molecular complexity index is 750. The fourth-order valence-corrected chi connectivity index (χ4v) is 2.20. The van der Waals surface area contributed by atoms with Gasteiger partial charge in [-0.05, 0) is 41.5 Å². The molecule has 0 saturated carbocycles. The van der Waals surface area contributed by atoms with Crippen molar-refractivity contribution in [2.24, 2.45) is 0 Å². The Hall–Kier alpha value is -2.13. The lowest BCUT2D eigenvalue weighted by atomic mass is 10.0. The first-order chi connectivity index (χ1) is 9.15. The van der Waals surface area contributed by atoms with E-state index in [-0.39, 0.29) is 5.02 Å². The van der Waals surface area contributed by atoms with Gasteiger partial charge in [-0.1, -0.05) is 23.7 Å². The Morgan fingerprint density at radius 3 is 2.68 bits per heavy atom. The van der Waals surface area contributed by atoms with Crippen molar-refractivity contribution in [3.63, 3.8) is 0 Å². The van der Waals surface area contributed by atoms with Gasteiger partial charge in [0.1, 0.15) is 0 Å². The predicted octanol–water partition coefficient (Wildman–Crippen LogP) is 4.40. The second kappa shape index (κ2) is 4.52. The van der Waals surface area contributed by atoms with Gasteiger partial charge in [0.2, 0.25) is 0 Å². The number of rotatable bonds is 1. The van der Waals surface area contributed by atoms with Crippen LogP contribution >= 0.6 is 11.6 Å². The van der Waals surface area contributed by atoms with Gasteiger partial charge in [-0.15, -0.1) is 0 Å². The maximum absolute atomic E-state index is 13.5. The Labute approximate surface area is 114 Å². The summed E-state index contributed by atoms with van der Waals surface area (Å²) in [4.78, 5) is 4.23. The molecule has 0 amide bonds. The number of benzene rings is 2. The number of phenols is 1. The molecule has 0 saturated heterocycles. The average molecular weight is 274 g/mol. The molecular weight excluding hydrogens is 265 g/mol. The summed E-state index contributed by atoms with van der Waals surface area (Å²) in [6.45, 7) is 0. The van der Waals surface area contributed by atoms with E-state index in [4.69, 9.17) is 11.6 Å². The van der Waals surface area contributed by atoms with E-state index in [1.807, 2.05) is 30.3 Å². The molecule has 0 aliphatic rings. The smallest absolute Gasteiger partial charge is 0.170 e. The molecule has 3 aromatic rings. The molecular formula is C15H9ClFNO. The number of fused-ring (bicyclic) bond motifs is 1. The van der Waals surface area contributed by atoms with Crippen molar-refractivity contribution in [1.29, 1.82) is 0 Å². The second-order valence-electron chi connectivity index (χ2n) is 4.20. The lowest BCUT2D eigenvalue weighted by Crippen LogP contribution is -1.84. The molecule has 0 fully saturated rings. The highest BCUT2D eigenvalue weighted by molar-refractivity contribution is 6.32. The van der Waals surface area contributed by atoms with E-state index in [0.717, 1.165) is 16.5 Å². The molecule has 1 aromatic heterocycles. The fourth-order valence-electron chi connectivity index (χ4n) is 1.99. The van der Waals surface area contributed by atoms with Crippen molar-refractivity contribution in [3.05, 3.63) is 59.5 Å². The largest absolute Gasteiger partial charge is 0.504 e. The second-order valence-corrected chi connectivity index (χ2v) is 4.61. The highest BCUT2D eigenvalue weighted by Gasteiger charge is 2.09. The minimum Gasteiger partial charge on any atom is -0.504 e. The van der Waals surface area contributed by atoms with E-state index in [1.165, 1.54) is 12.1 Å². The zero-order valence-electron chi connectivity index (χ0n) is 9.77. The van der Waals surface area contributed by atoms with Crippen LogP contribution in [0.1, 0.15) is 0 Å². The molecule has 2 nitrogen and oxygen atoms in total. The van der Waals surface area contributed by atoms with Gasteiger partial charge in [-0.25, -0.2) is 4.39 Å². The van der Waals surface area contributed by atoms with Crippen LogP contribution in [0.2, 0.25) is 5.02 Å². The lowest BCUT2D eigenvalue weighted by molar-refractivity contribution is 0.433. The van der Waals surface area contributed by atoms with Crippen LogP contribution < -0.4 is 0 Å². The third-order valence-electron chi connectivity index (χ3n) is 2.95. The number of pyridine rings is 1. The first-order valence-electron chi connectivity index (χ1n) is 5.68. The van der Waals surface area contributed by atoms with E-state index in [9.17, 15) is 9.50 Å². The van der Waals surface area contributed by atoms with Crippen LogP contribution in [-0.4, -0.2) is 10.1 Å². The maximum atomic E-state index is 13.5. The Balaban J connectivity index is 2.19. The van der Waals surface area contributed by atoms with Crippen LogP contribution in [0.25, 0.3) is 22.0 Å². The van der Waals surface area contributed by atoms with Crippen molar-refractivity contribution in [2.75, 3.05) is 0 Å². The highest BCUT2D eigenvalue weighted by Crippen LogP contribution is 2.33. The topological polar surface area (TPSA) is 33.1 Å². The van der Waals surface area contributed by atoms with E-state index in [2.05, 4.69) is 4.98 Å². The summed E-state index contributed by atoms with van der Waals surface area (Å²) >= 11 is 5.78. The van der Waals surface area contributed by atoms with Gasteiger partial charge in [0.05, 0.1) is 10.5 Å². The van der Waals surface area contributed by atoms with Crippen LogP contribution in [0, 0.1) is 5.82 Å². The summed E-state index contributed by atoms with van der Waals surface area (Å²) in [5.41, 5.74) is 2.31. The first-order valence-corrected chi connectivity index (χ1v) is 6.06. The van der Waals surface area contributed by atoms with Gasteiger partial charge in [0.15, 0.2) is 11.6 Å². The van der Waals surface area contributed by atoms with Gasteiger partial charge in [0.25, 0.3) is 0 Å². The summed E-state index contributed by atoms with van der Waals surface area (Å²) in [5, 5.41) is 10.3. The maximum Gasteiger partial charge on any atom is 0.170 e. The van der Waals surface area contributed by atoms with Crippen molar-refractivity contribution >= 4 is 22.5 Å². The van der Waals surface area contributed by atoms with E-state index >= 15 is 0 Å². The van der Waals surface area contributed by atoms with Crippen LogP contribution in [0.15, 0.2) is 48.7 Å². The quantitative estimate of drug-likeness (QED) is 0.713. The highest BCUT2D eigenvalue weighted by atomic mass is 35.5. The van der Waals surface area contributed by atoms with Gasteiger partial charge in [-0.3, -0.25) is 4.98 Å². The summed E-state index contributed by atoms with van der Waals surface area (Å²) in [5.74, 6) is -1.25. The lowest BCUT2D eigenvalue weighted by Gasteiger charge is -2.06. The minimum atomic E-state index is -0.728. The molecule has 0 atom stereocenters. The molecule has 94 valence electrons. The Morgan fingerprint density at radius 2 is 1.89 bits per heavy atom. The summed E-state index contributed by atoms with van der Waals surface area (Å²) in [6.07, 6.45) is 1.72. The van der Waals surface area contributed by atoms with Crippen LogP contribution in [0.3, 0.4) is 0 Å². The number of aromatic nitrogens is 1. The van der Waals surface area contributed by atoms with Gasteiger partial charge < -0.3 is 5.11 Å². The summed E-state index contributed by atoms with van der Waals surface area (Å²) in [6, 6.07) is 12.2. The first kappa shape index (κ1) is 11.9. The summed E-state index contributed by atoms with van der Waals surface area (Å²) in [7, 11) is 0. The molecule has 19 heavy (non-hydrogen) atoms. The van der Waals surface area contributed by atoms with Crippen molar-refractivity contribution in [2.45, 2.75) is 0 Å². The third-order valence-corrected chi connectivity index (χ3v) is 3.24. The van der Waals surface area contributed by atoms with Crippen molar-refractivity contribution < 1.29 is 9.50 Å². The van der Waals surface area contributed by atoms with Gasteiger partial charge in [0, 0.05) is 11.6 Å². The third kappa shape index (κ3) is 2.13. The Kier molecular flexibility index (Phi) is 2.84. The number of halogens is 2. The zero-order chi connectivity index (χ0) is 13.4. The van der Waals surface area contributed by atoms with Gasteiger partial charge >= 0.3 is 0 Å². The molecule has 0 radical (unpaired) electrons. The molecule has 0 aliphatic heterocycles. The number of phenolic OH excluding ortho intramolecular Hbond substituents is 1. The number of hydrogen-bond acceptors (Lipinski definition) is 2. The molecule has 0 aliphatic carbocycles. The minimum absolute atomic E-state index is 0.00119. The average Bonchev–Trinajstić information content (AvgIpc) is 2.43. The number of hydrogen-bond donors (Lipinski definition) is 1. The van der Waals surface area contributed by atoms with E-state index in [1.54, 1.807) is 6.20 Å². The molecule has 3 rings (SSSR count). The zero-order valence-corrected chi connectivity index (χ0v) is 10.5. The number of aromatic hydroxyl groups is 1. The fraction of sp³-hybridized carbons (Fsp3) is 0. The molecule has 4 heteroatoms. The van der Waals surface area contributed by atoms with Crippen LogP contribution in [0.4, 0.5) is 4.39 Å².